The number of para-hydroxylation sites is 1. The molecule has 0 bridgehead atoms. The lowest BCUT2D eigenvalue weighted by Crippen LogP contribution is -2.36. The number of aliphatic imine (C=N–C) groups is 1. The lowest BCUT2D eigenvalue weighted by molar-refractivity contribution is -0.146. The number of hydrogen-bond donors (Lipinski definition) is 2. The molecule has 4 aromatic rings. The molecule has 0 radical (unpaired) electrons. The maximum atomic E-state index is 13.2. The molecule has 2 aromatic carbocycles. The molecule has 0 aliphatic carbocycles. The molecule has 9 nitrogen and oxygen atoms in total. The van der Waals surface area contributed by atoms with Gasteiger partial charge in [-0.2, -0.15) is 0 Å². The van der Waals surface area contributed by atoms with Gasteiger partial charge in [0.25, 0.3) is 0 Å². The van der Waals surface area contributed by atoms with Gasteiger partial charge in [0.1, 0.15) is 23.1 Å². The lowest BCUT2D eigenvalue weighted by Gasteiger charge is -2.32. The number of nitrogens with one attached hydrogen (secondary N) is 1. The first-order valence-corrected chi connectivity index (χ1v) is 11.8. The molecule has 0 fully saturated rings. The Labute approximate surface area is 208 Å². The second kappa shape index (κ2) is 9.41. The summed E-state index contributed by atoms with van der Waals surface area (Å²) in [5, 5.41) is 12.5. The molecule has 3 heterocycles. The molecule has 0 saturated heterocycles. The maximum Gasteiger partial charge on any atom is 0.317 e. The number of fused-ring (bicyclic) bond motifs is 2. The summed E-state index contributed by atoms with van der Waals surface area (Å²) in [4.78, 5) is 25.7. The zero-order valence-electron chi connectivity index (χ0n) is 20.6. The minimum atomic E-state index is -0.792. The molecule has 1 aliphatic rings. The molecule has 1 aliphatic heterocycles. The van der Waals surface area contributed by atoms with E-state index in [9.17, 15) is 9.90 Å². The minimum absolute atomic E-state index is 0.0595. The molecular weight excluding hydrogens is 460 g/mol. The minimum Gasteiger partial charge on any atom is -0.497 e. The van der Waals surface area contributed by atoms with Crippen molar-refractivity contribution in [1.82, 2.24) is 14.5 Å². The summed E-state index contributed by atoms with van der Waals surface area (Å²) in [5.74, 6) is 0.159. The molecule has 2 unspecified atom stereocenters. The van der Waals surface area contributed by atoms with Crippen molar-refractivity contribution in [2.45, 2.75) is 26.3 Å². The van der Waals surface area contributed by atoms with Crippen LogP contribution in [0.25, 0.3) is 10.9 Å². The van der Waals surface area contributed by atoms with Crippen LogP contribution in [-0.4, -0.2) is 52.1 Å². The second-order valence-corrected chi connectivity index (χ2v) is 8.62. The highest BCUT2D eigenvalue weighted by Gasteiger charge is 2.42. The Hall–Kier alpha value is -4.27. The summed E-state index contributed by atoms with van der Waals surface area (Å²) in [6, 6.07) is 12.6. The molecule has 0 amide bonds. The monoisotopic (exact) mass is 488 g/mol. The van der Waals surface area contributed by atoms with Crippen molar-refractivity contribution < 1.29 is 24.1 Å². The molecule has 0 spiro atoms. The number of ether oxygens (including phenoxy) is 3. The molecule has 2 N–H and O–H groups in total. The molecule has 2 aromatic heterocycles. The van der Waals surface area contributed by atoms with E-state index in [4.69, 9.17) is 14.2 Å². The largest absolute Gasteiger partial charge is 0.497 e. The number of methoxy groups -OCH3 is 2. The molecular formula is C27H28N4O5. The number of aromatic amines is 1. The third kappa shape index (κ3) is 3.86. The zero-order valence-corrected chi connectivity index (χ0v) is 20.6. The molecule has 36 heavy (non-hydrogen) atoms. The predicted molar refractivity (Wildman–Crippen MR) is 136 cm³/mol. The van der Waals surface area contributed by atoms with Gasteiger partial charge in [-0.1, -0.05) is 18.2 Å². The molecule has 2 atom stereocenters. The Morgan fingerprint density at radius 2 is 1.97 bits per heavy atom. The van der Waals surface area contributed by atoms with Crippen LogP contribution >= 0.6 is 0 Å². The number of hydrogen-bond acceptors (Lipinski definition) is 7. The van der Waals surface area contributed by atoms with Crippen molar-refractivity contribution in [3.63, 3.8) is 0 Å². The fourth-order valence-corrected chi connectivity index (χ4v) is 4.90. The van der Waals surface area contributed by atoms with Crippen molar-refractivity contribution >= 4 is 28.5 Å². The molecule has 0 saturated carbocycles. The van der Waals surface area contributed by atoms with Gasteiger partial charge in [-0.25, -0.2) is 9.98 Å². The van der Waals surface area contributed by atoms with E-state index in [1.807, 2.05) is 30.5 Å². The number of H-pyrrole nitrogens is 1. The van der Waals surface area contributed by atoms with Gasteiger partial charge in [-0.3, -0.25) is 9.36 Å². The summed E-state index contributed by atoms with van der Waals surface area (Å²) < 4.78 is 18.1. The number of carbonyl (C=O) groups excluding carboxylic acids is 1. The number of imidazole rings is 1. The van der Waals surface area contributed by atoms with Gasteiger partial charge in [0.2, 0.25) is 11.8 Å². The van der Waals surface area contributed by atoms with E-state index in [0.29, 0.717) is 40.8 Å². The van der Waals surface area contributed by atoms with Crippen LogP contribution in [0.4, 0.5) is 5.95 Å². The topological polar surface area (TPSA) is 111 Å². The summed E-state index contributed by atoms with van der Waals surface area (Å²) in [6.07, 6.45) is 2.30. The average Bonchev–Trinajstić information content (AvgIpc) is 3.43. The standard InChI is InChI=1S/C27H28N4O5/c1-5-36-26(33)23-15(2)29-27-30-21(12-16-14-28-20-9-7-6-8-18(16)20)25(32)31(27)24(23)19-13-17(34-3)10-11-22(19)35-4/h6-11,13-14,23-24,28,32H,5,12H2,1-4H3. The number of esters is 1. The molecule has 186 valence electrons. The third-order valence-electron chi connectivity index (χ3n) is 6.59. The van der Waals surface area contributed by atoms with Crippen LogP contribution < -0.4 is 9.47 Å². The van der Waals surface area contributed by atoms with Crippen molar-refractivity contribution in [2.24, 2.45) is 10.9 Å². The van der Waals surface area contributed by atoms with Crippen molar-refractivity contribution in [1.29, 1.82) is 0 Å². The number of nitrogens with zero attached hydrogens (tertiary/aromatic N) is 3. The highest BCUT2D eigenvalue weighted by molar-refractivity contribution is 6.03. The number of aromatic nitrogens is 3. The number of rotatable bonds is 7. The van der Waals surface area contributed by atoms with Crippen molar-refractivity contribution in [2.75, 3.05) is 20.8 Å². The van der Waals surface area contributed by atoms with Gasteiger partial charge in [0.15, 0.2) is 0 Å². The first kappa shape index (κ1) is 23.5. The van der Waals surface area contributed by atoms with Gasteiger partial charge in [-0.15, -0.1) is 0 Å². The van der Waals surface area contributed by atoms with E-state index in [0.717, 1.165) is 16.5 Å². The molecule has 5 rings (SSSR count). The van der Waals surface area contributed by atoms with Crippen LogP contribution in [0.15, 0.2) is 53.7 Å². The van der Waals surface area contributed by atoms with Crippen LogP contribution in [0.2, 0.25) is 0 Å². The van der Waals surface area contributed by atoms with E-state index < -0.39 is 17.9 Å². The zero-order chi connectivity index (χ0) is 25.4. The number of aromatic hydroxyl groups is 1. The smallest absolute Gasteiger partial charge is 0.317 e. The fourth-order valence-electron chi connectivity index (χ4n) is 4.90. The summed E-state index contributed by atoms with van der Waals surface area (Å²) in [5.41, 5.74) is 3.65. The lowest BCUT2D eigenvalue weighted by atomic mass is 9.87. The summed E-state index contributed by atoms with van der Waals surface area (Å²) in [7, 11) is 3.13. The summed E-state index contributed by atoms with van der Waals surface area (Å²) >= 11 is 0. The first-order valence-electron chi connectivity index (χ1n) is 11.8. The maximum absolute atomic E-state index is 13.2. The van der Waals surface area contributed by atoms with E-state index in [2.05, 4.69) is 15.0 Å². The quantitative estimate of drug-likeness (QED) is 0.369. The predicted octanol–water partition coefficient (Wildman–Crippen LogP) is 4.55. The Bertz CT molecular complexity index is 1470. The van der Waals surface area contributed by atoms with Crippen LogP contribution in [0, 0.1) is 5.92 Å². The van der Waals surface area contributed by atoms with Gasteiger partial charge in [0.05, 0.1) is 26.9 Å². The fraction of sp³-hybridized carbons (Fsp3) is 0.296. The Kier molecular flexibility index (Phi) is 6.13. The van der Waals surface area contributed by atoms with Crippen LogP contribution in [-0.2, 0) is 16.0 Å². The van der Waals surface area contributed by atoms with Crippen molar-refractivity contribution in [3.8, 4) is 17.4 Å². The Morgan fingerprint density at radius 1 is 1.17 bits per heavy atom. The van der Waals surface area contributed by atoms with E-state index in [1.165, 1.54) is 0 Å². The second-order valence-electron chi connectivity index (χ2n) is 8.62. The summed E-state index contributed by atoms with van der Waals surface area (Å²) in [6.45, 7) is 3.75. The van der Waals surface area contributed by atoms with Gasteiger partial charge in [-0.05, 0) is 43.7 Å². The van der Waals surface area contributed by atoms with E-state index in [-0.39, 0.29) is 12.5 Å². The van der Waals surface area contributed by atoms with Gasteiger partial charge < -0.3 is 24.3 Å². The normalized spacial score (nSPS) is 16.9. The van der Waals surface area contributed by atoms with Crippen molar-refractivity contribution in [3.05, 3.63) is 65.5 Å². The van der Waals surface area contributed by atoms with E-state index >= 15 is 0 Å². The first-order chi connectivity index (χ1) is 17.5. The highest BCUT2D eigenvalue weighted by atomic mass is 16.5. The van der Waals surface area contributed by atoms with Crippen LogP contribution in [0.1, 0.15) is 36.7 Å². The Morgan fingerprint density at radius 3 is 2.72 bits per heavy atom. The highest BCUT2D eigenvalue weighted by Crippen LogP contribution is 2.45. The average molecular weight is 489 g/mol. The van der Waals surface area contributed by atoms with Crippen LogP contribution in [0.5, 0.6) is 17.4 Å². The number of benzene rings is 2. The molecule has 9 heteroatoms. The SMILES string of the molecule is CCOC(=O)C1C(C)=Nc2nc(Cc3c[nH]c4ccccc34)c(O)n2C1c1cc(OC)ccc1OC. The van der Waals surface area contributed by atoms with Gasteiger partial charge in [0, 0.05) is 34.8 Å². The van der Waals surface area contributed by atoms with Crippen LogP contribution in [0.3, 0.4) is 0 Å². The van der Waals surface area contributed by atoms with Gasteiger partial charge >= 0.3 is 5.97 Å². The Balaban J connectivity index is 1.67. The van der Waals surface area contributed by atoms with E-state index in [1.54, 1.807) is 50.8 Å². The number of carbonyl (C=O) groups is 1. The third-order valence-corrected chi connectivity index (χ3v) is 6.59.